The SMILES string of the molecule is CC1CC2CC(C1)CC(C)(C(=O)Nc1ccc(NCC(C)(C)O)c(N)c1)C2. The molecule has 0 aromatic heterocycles. The van der Waals surface area contributed by atoms with E-state index in [4.69, 9.17) is 5.73 Å². The van der Waals surface area contributed by atoms with Crippen LogP contribution < -0.4 is 16.4 Å². The van der Waals surface area contributed by atoms with Gasteiger partial charge in [-0.3, -0.25) is 4.79 Å². The molecular weight excluding hydrogens is 338 g/mol. The Balaban J connectivity index is 1.64. The number of rotatable bonds is 5. The zero-order valence-electron chi connectivity index (χ0n) is 17.1. The molecule has 2 fully saturated rings. The number of nitrogen functional groups attached to an aromatic ring is 1. The number of aliphatic hydroxyl groups is 1. The van der Waals surface area contributed by atoms with E-state index in [2.05, 4.69) is 24.5 Å². The Bertz CT molecular complexity index is 677. The van der Waals surface area contributed by atoms with Crippen molar-refractivity contribution in [1.82, 2.24) is 0 Å². The molecule has 5 nitrogen and oxygen atoms in total. The molecular formula is C22H35N3O2. The standard InChI is InChI=1S/C22H35N3O2/c1-14-7-15-9-16(8-14)12-22(4,11-15)20(26)25-17-5-6-19(18(23)10-17)24-13-21(2,3)27/h5-6,10,14-16,24,27H,7-9,11-13,23H2,1-4H3,(H,25,26). The van der Waals surface area contributed by atoms with Crippen LogP contribution in [0.3, 0.4) is 0 Å². The maximum Gasteiger partial charge on any atom is 0.230 e. The number of nitrogens with two attached hydrogens (primary N) is 1. The summed E-state index contributed by atoms with van der Waals surface area (Å²) in [6.07, 6.45) is 5.78. The van der Waals surface area contributed by atoms with Gasteiger partial charge >= 0.3 is 0 Å². The van der Waals surface area contributed by atoms with Gasteiger partial charge < -0.3 is 21.5 Å². The molecule has 2 aliphatic carbocycles. The van der Waals surface area contributed by atoms with Crippen molar-refractivity contribution in [3.8, 4) is 0 Å². The summed E-state index contributed by atoms with van der Waals surface area (Å²) >= 11 is 0. The van der Waals surface area contributed by atoms with Gasteiger partial charge in [0.2, 0.25) is 5.91 Å². The van der Waals surface area contributed by atoms with Crippen LogP contribution in [0.25, 0.3) is 0 Å². The van der Waals surface area contributed by atoms with Crippen molar-refractivity contribution in [2.45, 2.75) is 65.4 Å². The van der Waals surface area contributed by atoms with Gasteiger partial charge in [-0.15, -0.1) is 0 Å². The highest BCUT2D eigenvalue weighted by Crippen LogP contribution is 2.50. The fraction of sp³-hybridized carbons (Fsp3) is 0.682. The number of hydrogen-bond acceptors (Lipinski definition) is 4. The van der Waals surface area contributed by atoms with Crippen molar-refractivity contribution in [3.63, 3.8) is 0 Å². The summed E-state index contributed by atoms with van der Waals surface area (Å²) in [4.78, 5) is 13.1. The first-order valence-corrected chi connectivity index (χ1v) is 10.2. The van der Waals surface area contributed by atoms with E-state index in [1.807, 2.05) is 12.1 Å². The fourth-order valence-corrected chi connectivity index (χ4v) is 5.17. The quantitative estimate of drug-likeness (QED) is 0.581. The Kier molecular flexibility index (Phi) is 5.44. The molecule has 0 saturated heterocycles. The van der Waals surface area contributed by atoms with E-state index in [1.54, 1.807) is 19.9 Å². The van der Waals surface area contributed by atoms with Crippen LogP contribution >= 0.6 is 0 Å². The highest BCUT2D eigenvalue weighted by atomic mass is 16.3. The lowest BCUT2D eigenvalue weighted by molar-refractivity contribution is -0.129. The Morgan fingerprint density at radius 2 is 1.89 bits per heavy atom. The number of fused-ring (bicyclic) bond motifs is 2. The maximum absolute atomic E-state index is 13.1. The summed E-state index contributed by atoms with van der Waals surface area (Å²) in [5.74, 6) is 2.27. The molecule has 1 amide bonds. The van der Waals surface area contributed by atoms with Crippen LogP contribution in [0.15, 0.2) is 18.2 Å². The summed E-state index contributed by atoms with van der Waals surface area (Å²) in [6, 6.07) is 5.52. The molecule has 2 unspecified atom stereocenters. The predicted molar refractivity (Wildman–Crippen MR) is 112 cm³/mol. The third-order valence-corrected chi connectivity index (χ3v) is 6.19. The summed E-state index contributed by atoms with van der Waals surface area (Å²) < 4.78 is 0. The summed E-state index contributed by atoms with van der Waals surface area (Å²) in [5.41, 5.74) is 7.09. The van der Waals surface area contributed by atoms with Crippen molar-refractivity contribution >= 4 is 23.0 Å². The lowest BCUT2D eigenvalue weighted by atomic mass is 9.59. The highest BCUT2D eigenvalue weighted by molar-refractivity contribution is 5.96. The number of nitrogens with one attached hydrogen (secondary N) is 2. The molecule has 5 N–H and O–H groups in total. The summed E-state index contributed by atoms with van der Waals surface area (Å²) in [5, 5.41) is 16.1. The normalized spacial score (nSPS) is 30.6. The van der Waals surface area contributed by atoms with Crippen molar-refractivity contribution in [2.75, 3.05) is 22.9 Å². The average molecular weight is 374 g/mol. The summed E-state index contributed by atoms with van der Waals surface area (Å²) in [6.45, 7) is 8.36. The molecule has 3 rings (SSSR count). The monoisotopic (exact) mass is 373 g/mol. The zero-order valence-corrected chi connectivity index (χ0v) is 17.1. The van der Waals surface area contributed by atoms with Crippen molar-refractivity contribution in [1.29, 1.82) is 0 Å². The minimum Gasteiger partial charge on any atom is -0.397 e. The zero-order chi connectivity index (χ0) is 19.8. The number of amides is 1. The first kappa shape index (κ1) is 20.0. The third-order valence-electron chi connectivity index (χ3n) is 6.19. The van der Waals surface area contributed by atoms with Crippen molar-refractivity contribution < 1.29 is 9.90 Å². The minimum absolute atomic E-state index is 0.114. The van der Waals surface area contributed by atoms with Crippen LogP contribution in [0.1, 0.15) is 59.8 Å². The lowest BCUT2D eigenvalue weighted by Crippen LogP contribution is -2.43. The van der Waals surface area contributed by atoms with E-state index in [0.29, 0.717) is 24.1 Å². The van der Waals surface area contributed by atoms with Gasteiger partial charge in [0, 0.05) is 17.6 Å². The number of carbonyl (C=O) groups excluding carboxylic acids is 1. The first-order valence-electron chi connectivity index (χ1n) is 10.2. The Morgan fingerprint density at radius 1 is 1.26 bits per heavy atom. The molecule has 2 aliphatic rings. The second kappa shape index (κ2) is 7.34. The Hall–Kier alpha value is -1.75. The minimum atomic E-state index is -0.815. The molecule has 0 spiro atoms. The van der Waals surface area contributed by atoms with Gasteiger partial charge in [0.05, 0.1) is 17.0 Å². The number of hydrogen-bond donors (Lipinski definition) is 4. The van der Waals surface area contributed by atoms with E-state index in [-0.39, 0.29) is 11.3 Å². The predicted octanol–water partition coefficient (Wildman–Crippen LogP) is 4.24. The van der Waals surface area contributed by atoms with Crippen LogP contribution in [0.2, 0.25) is 0 Å². The molecule has 5 heteroatoms. The number of anilines is 3. The van der Waals surface area contributed by atoms with Crippen LogP contribution in [-0.2, 0) is 4.79 Å². The number of benzene rings is 1. The Labute approximate surface area is 163 Å². The molecule has 27 heavy (non-hydrogen) atoms. The van der Waals surface area contributed by atoms with Gasteiger partial charge in [-0.1, -0.05) is 13.8 Å². The maximum atomic E-state index is 13.1. The molecule has 1 aromatic carbocycles. The van der Waals surface area contributed by atoms with Crippen molar-refractivity contribution in [2.24, 2.45) is 23.2 Å². The molecule has 0 radical (unpaired) electrons. The largest absolute Gasteiger partial charge is 0.397 e. The first-order chi connectivity index (χ1) is 12.5. The van der Waals surface area contributed by atoms with Gasteiger partial charge in [-0.25, -0.2) is 0 Å². The van der Waals surface area contributed by atoms with Crippen LogP contribution in [0, 0.1) is 23.2 Å². The molecule has 150 valence electrons. The van der Waals surface area contributed by atoms with Crippen molar-refractivity contribution in [3.05, 3.63) is 18.2 Å². The Morgan fingerprint density at radius 3 is 2.44 bits per heavy atom. The van der Waals surface area contributed by atoms with Gasteiger partial charge in [0.1, 0.15) is 0 Å². The van der Waals surface area contributed by atoms with Gasteiger partial charge in [0.25, 0.3) is 0 Å². The van der Waals surface area contributed by atoms with E-state index in [0.717, 1.165) is 30.1 Å². The van der Waals surface area contributed by atoms with E-state index in [1.165, 1.54) is 19.3 Å². The van der Waals surface area contributed by atoms with Crippen LogP contribution in [-0.4, -0.2) is 23.2 Å². The highest BCUT2D eigenvalue weighted by Gasteiger charge is 2.45. The molecule has 2 bridgehead atoms. The fourth-order valence-electron chi connectivity index (χ4n) is 5.17. The van der Waals surface area contributed by atoms with E-state index in [9.17, 15) is 9.90 Å². The van der Waals surface area contributed by atoms with E-state index >= 15 is 0 Å². The van der Waals surface area contributed by atoms with E-state index < -0.39 is 5.60 Å². The summed E-state index contributed by atoms with van der Waals surface area (Å²) in [7, 11) is 0. The topological polar surface area (TPSA) is 87.4 Å². The molecule has 0 aliphatic heterocycles. The van der Waals surface area contributed by atoms with Crippen LogP contribution in [0.5, 0.6) is 0 Å². The second-order valence-corrected chi connectivity index (χ2v) is 9.94. The lowest BCUT2D eigenvalue weighted by Gasteiger charge is -2.46. The molecule has 1 aromatic rings. The molecule has 2 saturated carbocycles. The van der Waals surface area contributed by atoms with Crippen LogP contribution in [0.4, 0.5) is 17.1 Å². The smallest absolute Gasteiger partial charge is 0.230 e. The molecule has 0 heterocycles. The average Bonchev–Trinajstić information content (AvgIpc) is 2.51. The third kappa shape index (κ3) is 4.95. The molecule has 2 atom stereocenters. The van der Waals surface area contributed by atoms with Gasteiger partial charge in [-0.05, 0) is 81.9 Å². The number of carbonyl (C=O) groups is 1. The van der Waals surface area contributed by atoms with Gasteiger partial charge in [0.15, 0.2) is 0 Å². The second-order valence-electron chi connectivity index (χ2n) is 9.94. The van der Waals surface area contributed by atoms with Gasteiger partial charge in [-0.2, -0.15) is 0 Å².